The van der Waals surface area contributed by atoms with Gasteiger partial charge in [0.1, 0.15) is 25.1 Å². The number of hydrogen-bond acceptors (Lipinski definition) is 14. The maximum atomic E-state index is 14.4. The molecule has 0 amide bonds. The van der Waals surface area contributed by atoms with E-state index in [1.807, 2.05) is 63.2 Å². The molecule has 0 aliphatic heterocycles. The van der Waals surface area contributed by atoms with Gasteiger partial charge in [-0.1, -0.05) is 158 Å². The summed E-state index contributed by atoms with van der Waals surface area (Å²) in [5, 5.41) is 9.32. The Bertz CT molecular complexity index is 1900. The highest BCUT2D eigenvalue weighted by atomic mass is 32.2. The predicted octanol–water partition coefficient (Wildman–Crippen LogP) is 13.0. The standard InChI is InChI=1S/C55H79NO10S3/c1-8-12-17-22-42(10-3)23-18-14-15-21-32-64-50(59)44-28-26-43(27-29-44)46(38-54(5,6)41-56)39-55(7,53(61)66-31-13-9-2)40-47(69-52(67)45-24-19-16-20-25-45)51(60)65-35-37-68-36-30-49(58)63-34-33-62-48(57)11-4/h11,16,19-20,24-29,42,46-47H,4,8-10,12-15,17-18,21-23,30-40H2,1-3,5-7H3. The number of thioether (sulfide) groups is 2. The van der Waals surface area contributed by atoms with Gasteiger partial charge in [-0.15, -0.1) is 0 Å². The van der Waals surface area contributed by atoms with Gasteiger partial charge in [-0.05, 0) is 88.0 Å². The van der Waals surface area contributed by atoms with Gasteiger partial charge < -0.3 is 23.7 Å². The number of unbranched alkanes of at least 4 members (excludes halogenated alkanes) is 6. The monoisotopic (exact) mass is 1010 g/mol. The van der Waals surface area contributed by atoms with E-state index in [-0.39, 0.29) is 51.6 Å². The Morgan fingerprint density at radius 3 is 2.01 bits per heavy atom. The quantitative estimate of drug-likeness (QED) is 0.0207. The number of esters is 5. The highest BCUT2D eigenvalue weighted by Gasteiger charge is 2.43. The van der Waals surface area contributed by atoms with Crippen LogP contribution in [0, 0.1) is 28.1 Å². The number of carbonyl (C=O) groups is 5. The molecular weight excluding hydrogens is 931 g/mol. The summed E-state index contributed by atoms with van der Waals surface area (Å²) < 4.78 is 27.8. The molecule has 0 aliphatic rings. The topological polar surface area (TPSA) is 155 Å². The summed E-state index contributed by atoms with van der Waals surface area (Å²) in [4.78, 5) is 65.0. The fraction of sp³-hybridized carbons (Fsp3) is 0.618. The zero-order chi connectivity index (χ0) is 50.9. The molecule has 14 heteroatoms. The van der Waals surface area contributed by atoms with Crippen molar-refractivity contribution < 1.29 is 47.7 Å². The molecule has 2 rings (SSSR count). The van der Waals surface area contributed by atoms with E-state index in [0.717, 1.165) is 48.8 Å². The number of nitriles is 1. The Balaban J connectivity index is 2.24. The fourth-order valence-corrected chi connectivity index (χ4v) is 10.2. The number of hydrogen-bond donors (Lipinski definition) is 0. The zero-order valence-electron chi connectivity index (χ0n) is 42.2. The number of ether oxygens (including phenoxy) is 5. The molecule has 2 aromatic rings. The minimum Gasteiger partial charge on any atom is -0.465 e. The lowest BCUT2D eigenvalue weighted by atomic mass is 9.70. The average molecular weight is 1010 g/mol. The molecule has 2 aromatic carbocycles. The van der Waals surface area contributed by atoms with Gasteiger partial charge in [0.2, 0.25) is 0 Å². The first-order valence-electron chi connectivity index (χ1n) is 24.9. The van der Waals surface area contributed by atoms with Crippen molar-refractivity contribution >= 4 is 69.8 Å². The zero-order valence-corrected chi connectivity index (χ0v) is 44.7. The van der Waals surface area contributed by atoms with Crippen LogP contribution in [0.2, 0.25) is 0 Å². The van der Waals surface area contributed by atoms with Crippen molar-refractivity contribution in [3.05, 3.63) is 83.9 Å². The lowest BCUT2D eigenvalue weighted by Gasteiger charge is -2.35. The minimum absolute atomic E-state index is 0.0293. The Kier molecular flexibility index (Phi) is 30.9. The molecule has 382 valence electrons. The molecule has 0 saturated heterocycles. The lowest BCUT2D eigenvalue weighted by molar-refractivity contribution is -0.157. The highest BCUT2D eigenvalue weighted by Crippen LogP contribution is 2.44. The van der Waals surface area contributed by atoms with Gasteiger partial charge >= 0.3 is 29.8 Å². The minimum atomic E-state index is -1.24. The normalized spacial score (nSPS) is 13.4. The van der Waals surface area contributed by atoms with Crippen molar-refractivity contribution in [1.82, 2.24) is 0 Å². The van der Waals surface area contributed by atoms with Gasteiger partial charge in [0.25, 0.3) is 0 Å². The van der Waals surface area contributed by atoms with Crippen LogP contribution in [-0.2, 0) is 42.9 Å². The van der Waals surface area contributed by atoms with Gasteiger partial charge in [0.15, 0.2) is 0 Å². The van der Waals surface area contributed by atoms with E-state index < -0.39 is 45.9 Å². The van der Waals surface area contributed by atoms with Crippen LogP contribution in [0.3, 0.4) is 0 Å². The van der Waals surface area contributed by atoms with Gasteiger partial charge in [-0.25, -0.2) is 9.59 Å². The summed E-state index contributed by atoms with van der Waals surface area (Å²) in [6.45, 7) is 15.9. The van der Waals surface area contributed by atoms with Gasteiger partial charge in [-0.3, -0.25) is 14.4 Å². The van der Waals surface area contributed by atoms with Crippen molar-refractivity contribution in [3.63, 3.8) is 0 Å². The molecule has 0 bridgehead atoms. The van der Waals surface area contributed by atoms with Crippen LogP contribution in [0.15, 0.2) is 67.3 Å². The smallest absolute Gasteiger partial charge is 0.338 e. The first kappa shape index (κ1) is 60.9. The van der Waals surface area contributed by atoms with Crippen LogP contribution in [0.1, 0.15) is 172 Å². The van der Waals surface area contributed by atoms with Gasteiger partial charge in [0.05, 0.1) is 46.3 Å². The largest absolute Gasteiger partial charge is 0.465 e. The molecule has 4 atom stereocenters. The summed E-state index contributed by atoms with van der Waals surface area (Å²) in [6.07, 6.45) is 15.1. The van der Waals surface area contributed by atoms with E-state index in [1.54, 1.807) is 19.1 Å². The molecule has 69 heavy (non-hydrogen) atoms. The Labute approximate surface area is 427 Å². The van der Waals surface area contributed by atoms with E-state index in [2.05, 4.69) is 26.5 Å². The molecule has 0 saturated carbocycles. The van der Waals surface area contributed by atoms with Crippen LogP contribution < -0.4 is 0 Å². The molecule has 0 N–H and O–H groups in total. The van der Waals surface area contributed by atoms with Crippen molar-refractivity contribution in [1.29, 1.82) is 5.26 Å². The summed E-state index contributed by atoms with van der Waals surface area (Å²) >= 11 is 8.44. The first-order chi connectivity index (χ1) is 33.1. The lowest BCUT2D eigenvalue weighted by Crippen LogP contribution is -2.38. The summed E-state index contributed by atoms with van der Waals surface area (Å²) in [5.41, 5.74) is -0.00262. The average Bonchev–Trinajstić information content (AvgIpc) is 3.35. The van der Waals surface area contributed by atoms with E-state index in [4.69, 9.17) is 35.9 Å². The second kappa shape index (κ2) is 35.0. The molecular formula is C55H79NO10S3. The van der Waals surface area contributed by atoms with Crippen molar-refractivity contribution in [3.8, 4) is 6.07 Å². The fourth-order valence-electron chi connectivity index (χ4n) is 7.84. The van der Waals surface area contributed by atoms with E-state index in [1.165, 1.54) is 68.5 Å². The first-order valence-corrected chi connectivity index (χ1v) is 27.4. The molecule has 0 aliphatic carbocycles. The summed E-state index contributed by atoms with van der Waals surface area (Å²) in [7, 11) is 0. The molecule has 11 nitrogen and oxygen atoms in total. The molecule has 0 aromatic heterocycles. The number of benzene rings is 2. The number of rotatable bonds is 37. The molecule has 0 fully saturated rings. The van der Waals surface area contributed by atoms with Crippen molar-refractivity contribution in [2.45, 2.75) is 155 Å². The molecule has 4 unspecified atom stereocenters. The Hall–Kier alpha value is -4.19. The second-order valence-electron chi connectivity index (χ2n) is 18.5. The maximum absolute atomic E-state index is 14.4. The van der Waals surface area contributed by atoms with E-state index in [0.29, 0.717) is 40.7 Å². The van der Waals surface area contributed by atoms with Crippen LogP contribution in [0.5, 0.6) is 0 Å². The maximum Gasteiger partial charge on any atom is 0.338 e. The molecule has 0 heterocycles. The van der Waals surface area contributed by atoms with E-state index in [9.17, 15) is 29.2 Å². The van der Waals surface area contributed by atoms with Crippen LogP contribution in [-0.4, -0.2) is 83.8 Å². The number of thiocarbonyl (C=S) groups is 1. The molecule has 0 spiro atoms. The highest BCUT2D eigenvalue weighted by molar-refractivity contribution is 8.24. The van der Waals surface area contributed by atoms with Crippen LogP contribution in [0.4, 0.5) is 0 Å². The van der Waals surface area contributed by atoms with Crippen molar-refractivity contribution in [2.75, 3.05) is 44.5 Å². The predicted molar refractivity (Wildman–Crippen MR) is 282 cm³/mol. The Morgan fingerprint density at radius 2 is 1.36 bits per heavy atom. The third kappa shape index (κ3) is 25.5. The second-order valence-corrected chi connectivity index (χ2v) is 21.6. The van der Waals surface area contributed by atoms with Gasteiger partial charge in [0, 0.05) is 17.6 Å². The number of carbonyl (C=O) groups excluding carboxylic acids is 5. The van der Waals surface area contributed by atoms with Crippen molar-refractivity contribution in [2.24, 2.45) is 16.7 Å². The van der Waals surface area contributed by atoms with E-state index >= 15 is 0 Å². The Morgan fingerprint density at radius 1 is 0.710 bits per heavy atom. The van der Waals surface area contributed by atoms with Crippen LogP contribution >= 0.6 is 35.7 Å². The van der Waals surface area contributed by atoms with Crippen LogP contribution in [0.25, 0.3) is 0 Å². The summed E-state index contributed by atoms with van der Waals surface area (Å²) in [5.74, 6) is -1.16. The SMILES string of the molecule is C=CC(=O)OCCOC(=O)CCSCCOC(=O)C(CC(C)(CC(CC(C)(C)C#N)c1ccc(C(=O)OCCCCCCC(CC)CCCCC)cc1)C(=O)OCCCC)SC(=S)c1ccccc1. The van der Waals surface area contributed by atoms with Gasteiger partial charge in [-0.2, -0.15) is 17.0 Å². The molecule has 0 radical (unpaired) electrons. The third-order valence-corrected chi connectivity index (χ3v) is 14.5. The summed E-state index contributed by atoms with van der Waals surface area (Å²) in [6, 6.07) is 19.0. The third-order valence-electron chi connectivity index (χ3n) is 12.0. The number of nitrogens with zero attached hydrogens (tertiary/aromatic N) is 1.